The summed E-state index contributed by atoms with van der Waals surface area (Å²) in [4.78, 5) is 29.5. The molecule has 3 aromatic rings. The number of ether oxygens (including phenoxy) is 1. The van der Waals surface area contributed by atoms with E-state index in [0.29, 0.717) is 38.7 Å². The van der Waals surface area contributed by atoms with E-state index in [9.17, 15) is 4.79 Å². The fourth-order valence-corrected chi connectivity index (χ4v) is 3.43. The topological polar surface area (TPSA) is 83.5 Å². The summed E-state index contributed by atoms with van der Waals surface area (Å²) in [6, 6.07) is 11.9. The van der Waals surface area contributed by atoms with Crippen molar-refractivity contribution in [1.29, 1.82) is 0 Å². The van der Waals surface area contributed by atoms with E-state index in [1.54, 1.807) is 11.1 Å². The number of hydrogen-bond acceptors (Lipinski definition) is 7. The third-order valence-electron chi connectivity index (χ3n) is 4.85. The molecule has 1 saturated heterocycles. The van der Waals surface area contributed by atoms with Crippen molar-refractivity contribution in [2.24, 2.45) is 0 Å². The lowest BCUT2D eigenvalue weighted by Gasteiger charge is -2.34. The molecule has 0 spiro atoms. The van der Waals surface area contributed by atoms with Crippen LogP contribution < -0.4 is 10.2 Å². The highest BCUT2D eigenvalue weighted by molar-refractivity contribution is 5.91. The summed E-state index contributed by atoms with van der Waals surface area (Å²) in [5, 5.41) is 4.37. The van der Waals surface area contributed by atoms with Gasteiger partial charge in [-0.1, -0.05) is 18.2 Å². The zero-order valence-electron chi connectivity index (χ0n) is 16.6. The highest BCUT2D eigenvalue weighted by atomic mass is 16.6. The lowest BCUT2D eigenvalue weighted by atomic mass is 10.2. The largest absolute Gasteiger partial charge is 0.450 e. The molecule has 1 aliphatic rings. The molecule has 1 fully saturated rings. The number of hydrogen-bond donors (Lipinski definition) is 1. The van der Waals surface area contributed by atoms with Crippen LogP contribution in [0.1, 0.15) is 12.6 Å². The van der Waals surface area contributed by atoms with Crippen LogP contribution in [0.3, 0.4) is 0 Å². The lowest BCUT2D eigenvalue weighted by molar-refractivity contribution is 0.105. The van der Waals surface area contributed by atoms with Gasteiger partial charge in [0.25, 0.3) is 0 Å². The van der Waals surface area contributed by atoms with Crippen molar-refractivity contribution in [2.75, 3.05) is 43.0 Å². The van der Waals surface area contributed by atoms with Gasteiger partial charge in [-0.2, -0.15) is 4.98 Å². The van der Waals surface area contributed by atoms with Gasteiger partial charge in [0, 0.05) is 49.5 Å². The summed E-state index contributed by atoms with van der Waals surface area (Å²) >= 11 is 0. The number of para-hydroxylation sites is 1. The second-order valence-electron chi connectivity index (χ2n) is 6.87. The summed E-state index contributed by atoms with van der Waals surface area (Å²) in [6.07, 6.45) is 1.52. The third-order valence-corrected chi connectivity index (χ3v) is 4.85. The predicted molar refractivity (Wildman–Crippen MR) is 113 cm³/mol. The first-order valence-electron chi connectivity index (χ1n) is 9.77. The zero-order chi connectivity index (χ0) is 20.2. The van der Waals surface area contributed by atoms with Crippen molar-refractivity contribution in [3.8, 4) is 0 Å². The molecule has 150 valence electrons. The number of aromatic nitrogens is 3. The molecular weight excluding hydrogens is 368 g/mol. The molecule has 0 saturated carbocycles. The van der Waals surface area contributed by atoms with Gasteiger partial charge in [0.05, 0.1) is 17.8 Å². The highest BCUT2D eigenvalue weighted by Crippen LogP contribution is 2.25. The first-order valence-corrected chi connectivity index (χ1v) is 9.77. The Morgan fingerprint density at radius 3 is 2.72 bits per heavy atom. The molecule has 0 radical (unpaired) electrons. The van der Waals surface area contributed by atoms with Gasteiger partial charge in [0.1, 0.15) is 5.82 Å². The Hall–Kier alpha value is -3.42. The first kappa shape index (κ1) is 18.9. The average molecular weight is 392 g/mol. The van der Waals surface area contributed by atoms with Gasteiger partial charge in [-0.05, 0) is 26.0 Å². The Morgan fingerprint density at radius 1 is 1.14 bits per heavy atom. The molecule has 4 rings (SSSR count). The van der Waals surface area contributed by atoms with Crippen LogP contribution in [0.25, 0.3) is 10.9 Å². The number of aryl methyl sites for hydroxylation is 1. The second kappa shape index (κ2) is 8.30. The van der Waals surface area contributed by atoms with Crippen molar-refractivity contribution in [2.45, 2.75) is 13.8 Å². The minimum Gasteiger partial charge on any atom is -0.450 e. The molecule has 0 bridgehead atoms. The average Bonchev–Trinajstić information content (AvgIpc) is 2.74. The molecular formula is C21H24N6O2. The van der Waals surface area contributed by atoms with E-state index in [1.807, 2.05) is 50.2 Å². The summed E-state index contributed by atoms with van der Waals surface area (Å²) in [6.45, 7) is 6.78. The minimum absolute atomic E-state index is 0.253. The van der Waals surface area contributed by atoms with Gasteiger partial charge in [0.2, 0.25) is 5.95 Å². The summed E-state index contributed by atoms with van der Waals surface area (Å²) in [5.74, 6) is 1.38. The number of pyridine rings is 1. The quantitative estimate of drug-likeness (QED) is 0.729. The Bertz CT molecular complexity index is 1010. The number of amides is 1. The van der Waals surface area contributed by atoms with E-state index in [0.717, 1.165) is 28.1 Å². The second-order valence-corrected chi connectivity index (χ2v) is 6.87. The molecule has 2 aromatic heterocycles. The van der Waals surface area contributed by atoms with Crippen molar-refractivity contribution in [1.82, 2.24) is 19.9 Å². The van der Waals surface area contributed by atoms with Crippen molar-refractivity contribution < 1.29 is 9.53 Å². The van der Waals surface area contributed by atoms with E-state index in [-0.39, 0.29) is 6.09 Å². The normalized spacial score (nSPS) is 14.1. The van der Waals surface area contributed by atoms with Crippen molar-refractivity contribution in [3.05, 3.63) is 48.3 Å². The van der Waals surface area contributed by atoms with Crippen LogP contribution in [0.4, 0.5) is 22.2 Å². The van der Waals surface area contributed by atoms with Gasteiger partial charge in [-0.15, -0.1) is 0 Å². The van der Waals surface area contributed by atoms with Gasteiger partial charge in [0.15, 0.2) is 0 Å². The van der Waals surface area contributed by atoms with E-state index in [4.69, 9.17) is 9.72 Å². The van der Waals surface area contributed by atoms with Gasteiger partial charge in [-0.3, -0.25) is 4.98 Å². The molecule has 0 atom stereocenters. The van der Waals surface area contributed by atoms with Gasteiger partial charge in [-0.25, -0.2) is 9.78 Å². The number of fused-ring (bicyclic) bond motifs is 1. The van der Waals surface area contributed by atoms with E-state index in [1.165, 1.54) is 0 Å². The molecule has 0 aliphatic carbocycles. The number of carbonyl (C=O) groups excluding carboxylic acids is 1. The summed E-state index contributed by atoms with van der Waals surface area (Å²) < 4.78 is 5.09. The van der Waals surface area contributed by atoms with Crippen molar-refractivity contribution in [3.63, 3.8) is 0 Å². The molecule has 29 heavy (non-hydrogen) atoms. The van der Waals surface area contributed by atoms with E-state index in [2.05, 4.69) is 20.2 Å². The lowest BCUT2D eigenvalue weighted by Crippen LogP contribution is -2.49. The molecule has 1 aliphatic heterocycles. The van der Waals surface area contributed by atoms with Crippen LogP contribution in [0, 0.1) is 6.92 Å². The van der Waals surface area contributed by atoms with Gasteiger partial charge >= 0.3 is 6.09 Å². The van der Waals surface area contributed by atoms with Gasteiger partial charge < -0.3 is 19.9 Å². The number of anilines is 3. The third kappa shape index (κ3) is 4.21. The molecule has 8 heteroatoms. The maximum absolute atomic E-state index is 11.9. The Balaban J connectivity index is 1.52. The summed E-state index contributed by atoms with van der Waals surface area (Å²) in [5.41, 5.74) is 2.62. The van der Waals surface area contributed by atoms with E-state index < -0.39 is 0 Å². The summed E-state index contributed by atoms with van der Waals surface area (Å²) in [7, 11) is 0. The number of carbonyl (C=O) groups is 1. The number of nitrogens with zero attached hydrogens (tertiary/aromatic N) is 5. The monoisotopic (exact) mass is 392 g/mol. The maximum Gasteiger partial charge on any atom is 0.409 e. The minimum atomic E-state index is -0.253. The van der Waals surface area contributed by atoms with E-state index >= 15 is 0 Å². The predicted octanol–water partition coefficient (Wildman–Crippen LogP) is 3.36. The zero-order valence-corrected chi connectivity index (χ0v) is 16.6. The maximum atomic E-state index is 11.9. The SMILES string of the molecule is CCOC(=O)N1CCN(c2cc(C)nc(Nc3cccc4cccnc34)n2)CC1. The van der Waals surface area contributed by atoms with Crippen LogP contribution >= 0.6 is 0 Å². The standard InChI is InChI=1S/C21H24N6O2/c1-3-29-21(28)27-12-10-26(11-13-27)18-14-15(2)23-20(25-18)24-17-8-4-6-16-7-5-9-22-19(16)17/h4-9,14H,3,10-13H2,1-2H3,(H,23,24,25). The Kier molecular flexibility index (Phi) is 5.41. The Labute approximate surface area is 169 Å². The molecule has 1 amide bonds. The smallest absolute Gasteiger partial charge is 0.409 e. The number of rotatable bonds is 4. The van der Waals surface area contributed by atoms with Crippen molar-refractivity contribution >= 4 is 34.4 Å². The first-order chi connectivity index (χ1) is 14.1. The Morgan fingerprint density at radius 2 is 1.93 bits per heavy atom. The van der Waals surface area contributed by atoms with Crippen LogP contribution in [0.5, 0.6) is 0 Å². The molecule has 8 nitrogen and oxygen atoms in total. The van der Waals surface area contributed by atoms with Crippen LogP contribution in [-0.4, -0.2) is 58.7 Å². The van der Waals surface area contributed by atoms with Crippen LogP contribution in [0.15, 0.2) is 42.6 Å². The van der Waals surface area contributed by atoms with Crippen LogP contribution in [0.2, 0.25) is 0 Å². The van der Waals surface area contributed by atoms with Crippen LogP contribution in [-0.2, 0) is 4.74 Å². The number of nitrogens with one attached hydrogen (secondary N) is 1. The molecule has 3 heterocycles. The number of piperazine rings is 1. The molecule has 0 unspecified atom stereocenters. The fourth-order valence-electron chi connectivity index (χ4n) is 3.43. The molecule has 1 N–H and O–H groups in total. The fraction of sp³-hybridized carbons (Fsp3) is 0.333. The number of benzene rings is 1. The highest BCUT2D eigenvalue weighted by Gasteiger charge is 2.23. The molecule has 1 aromatic carbocycles.